The molecule has 0 aliphatic heterocycles. The molecule has 2 amide bonds. The molecule has 4 heteroatoms. The Morgan fingerprint density at radius 2 is 1.57 bits per heavy atom. The summed E-state index contributed by atoms with van der Waals surface area (Å²) in [5.41, 5.74) is 1.32. The van der Waals surface area contributed by atoms with Crippen LogP contribution in [0.5, 0.6) is 0 Å². The molecule has 0 spiro atoms. The van der Waals surface area contributed by atoms with E-state index in [1.807, 2.05) is 0 Å². The fraction of sp³-hybridized carbons (Fsp3) is 0.529. The Morgan fingerprint density at radius 1 is 0.952 bits per heavy atom. The molecule has 0 aliphatic rings. The predicted octanol–water partition coefficient (Wildman–Crippen LogP) is 3.74. The molecule has 0 atom stereocenters. The van der Waals surface area contributed by atoms with E-state index in [0.717, 1.165) is 13.0 Å². The van der Waals surface area contributed by atoms with Gasteiger partial charge in [-0.2, -0.15) is 0 Å². The summed E-state index contributed by atoms with van der Waals surface area (Å²) in [6.45, 7) is 4.39. The summed E-state index contributed by atoms with van der Waals surface area (Å²) >= 11 is 0. The van der Waals surface area contributed by atoms with Gasteiger partial charge in [0.05, 0.1) is 0 Å². The minimum Gasteiger partial charge on any atom is -0.352 e. The van der Waals surface area contributed by atoms with E-state index in [9.17, 15) is 9.59 Å². The smallest absolute Gasteiger partial charge is 0.251 e. The van der Waals surface area contributed by atoms with Crippen molar-refractivity contribution >= 4 is 17.5 Å². The number of carbonyl (C=O) groups is 2. The number of anilines is 1. The quantitative estimate of drug-likeness (QED) is 0.681. The SMILES string of the molecule is CCCCCCCCNC(=O)c1ccc(NC(C)=O)cc1. The summed E-state index contributed by atoms with van der Waals surface area (Å²) in [5.74, 6) is -0.173. The number of hydrogen-bond donors (Lipinski definition) is 2. The normalized spacial score (nSPS) is 10.2. The standard InChI is InChI=1S/C17H26N2O2/c1-3-4-5-6-7-8-13-18-17(21)15-9-11-16(12-10-15)19-14(2)20/h9-12H,3-8,13H2,1-2H3,(H,18,21)(H,19,20). The lowest BCUT2D eigenvalue weighted by molar-refractivity contribution is -0.114. The highest BCUT2D eigenvalue weighted by Crippen LogP contribution is 2.09. The molecule has 21 heavy (non-hydrogen) atoms. The van der Waals surface area contributed by atoms with E-state index in [-0.39, 0.29) is 11.8 Å². The first-order valence-electron chi connectivity index (χ1n) is 7.79. The second-order valence-corrected chi connectivity index (χ2v) is 5.28. The van der Waals surface area contributed by atoms with Crippen LogP contribution >= 0.6 is 0 Å². The summed E-state index contributed by atoms with van der Waals surface area (Å²) in [7, 11) is 0. The zero-order chi connectivity index (χ0) is 15.5. The Bertz CT molecular complexity index is 441. The lowest BCUT2D eigenvalue weighted by atomic mass is 10.1. The number of unbranched alkanes of at least 4 members (excludes halogenated alkanes) is 5. The highest BCUT2D eigenvalue weighted by atomic mass is 16.2. The van der Waals surface area contributed by atoms with Gasteiger partial charge in [-0.1, -0.05) is 39.0 Å². The summed E-state index contributed by atoms with van der Waals surface area (Å²) in [6.07, 6.45) is 7.28. The first-order chi connectivity index (χ1) is 10.1. The summed E-state index contributed by atoms with van der Waals surface area (Å²) < 4.78 is 0. The van der Waals surface area contributed by atoms with E-state index in [0.29, 0.717) is 11.3 Å². The maximum atomic E-state index is 11.9. The molecule has 1 aromatic rings. The van der Waals surface area contributed by atoms with E-state index in [1.165, 1.54) is 39.0 Å². The summed E-state index contributed by atoms with van der Waals surface area (Å²) in [5, 5.41) is 5.60. The lowest BCUT2D eigenvalue weighted by Crippen LogP contribution is -2.24. The highest BCUT2D eigenvalue weighted by molar-refractivity contribution is 5.95. The number of amides is 2. The third kappa shape index (κ3) is 7.49. The number of hydrogen-bond acceptors (Lipinski definition) is 2. The summed E-state index contributed by atoms with van der Waals surface area (Å²) in [6, 6.07) is 6.92. The maximum Gasteiger partial charge on any atom is 0.251 e. The molecular weight excluding hydrogens is 264 g/mol. The van der Waals surface area contributed by atoms with Crippen LogP contribution in [0.15, 0.2) is 24.3 Å². The number of carbonyl (C=O) groups excluding carboxylic acids is 2. The molecule has 0 unspecified atom stereocenters. The van der Waals surface area contributed by atoms with Gasteiger partial charge in [0, 0.05) is 24.7 Å². The molecule has 1 rings (SSSR count). The molecule has 2 N–H and O–H groups in total. The van der Waals surface area contributed by atoms with Gasteiger partial charge in [0.1, 0.15) is 0 Å². The van der Waals surface area contributed by atoms with Crippen molar-refractivity contribution in [2.24, 2.45) is 0 Å². The van der Waals surface area contributed by atoms with Gasteiger partial charge in [-0.15, -0.1) is 0 Å². The van der Waals surface area contributed by atoms with E-state index in [2.05, 4.69) is 17.6 Å². The zero-order valence-electron chi connectivity index (χ0n) is 13.1. The number of nitrogens with one attached hydrogen (secondary N) is 2. The van der Waals surface area contributed by atoms with E-state index in [1.54, 1.807) is 24.3 Å². The minimum atomic E-state index is -0.115. The van der Waals surface area contributed by atoms with E-state index in [4.69, 9.17) is 0 Å². The van der Waals surface area contributed by atoms with Crippen LogP contribution < -0.4 is 10.6 Å². The van der Waals surface area contributed by atoms with Gasteiger partial charge < -0.3 is 10.6 Å². The van der Waals surface area contributed by atoms with Crippen molar-refractivity contribution in [3.05, 3.63) is 29.8 Å². The Morgan fingerprint density at radius 3 is 2.19 bits per heavy atom. The third-order valence-electron chi connectivity index (χ3n) is 3.28. The van der Waals surface area contributed by atoms with E-state index >= 15 is 0 Å². The molecule has 0 bridgehead atoms. The largest absolute Gasteiger partial charge is 0.352 e. The molecule has 116 valence electrons. The molecular formula is C17H26N2O2. The van der Waals surface area contributed by atoms with Crippen molar-refractivity contribution in [3.63, 3.8) is 0 Å². The first-order valence-corrected chi connectivity index (χ1v) is 7.79. The van der Waals surface area contributed by atoms with E-state index < -0.39 is 0 Å². The Labute approximate surface area is 127 Å². The van der Waals surface area contributed by atoms with Crippen molar-refractivity contribution in [2.75, 3.05) is 11.9 Å². The van der Waals surface area contributed by atoms with Crippen LogP contribution in [0.3, 0.4) is 0 Å². The van der Waals surface area contributed by atoms with Gasteiger partial charge in [0.25, 0.3) is 5.91 Å². The van der Waals surface area contributed by atoms with Gasteiger partial charge in [-0.3, -0.25) is 9.59 Å². The van der Waals surface area contributed by atoms with Crippen molar-refractivity contribution in [3.8, 4) is 0 Å². The van der Waals surface area contributed by atoms with Gasteiger partial charge >= 0.3 is 0 Å². The van der Waals surface area contributed by atoms with Crippen molar-refractivity contribution in [1.29, 1.82) is 0 Å². The van der Waals surface area contributed by atoms with Crippen LogP contribution in [-0.2, 0) is 4.79 Å². The first kappa shape index (κ1) is 17.2. The van der Waals surface area contributed by atoms with Crippen LogP contribution in [0.4, 0.5) is 5.69 Å². The summed E-state index contributed by atoms with van der Waals surface area (Å²) in [4.78, 5) is 22.8. The van der Waals surface area contributed by atoms with Gasteiger partial charge in [-0.05, 0) is 30.7 Å². The monoisotopic (exact) mass is 290 g/mol. The average Bonchev–Trinajstić information content (AvgIpc) is 2.46. The molecule has 1 aromatic carbocycles. The van der Waals surface area contributed by atoms with Crippen LogP contribution in [0, 0.1) is 0 Å². The minimum absolute atomic E-state index is 0.0575. The second-order valence-electron chi connectivity index (χ2n) is 5.28. The van der Waals surface area contributed by atoms with Gasteiger partial charge in [0.2, 0.25) is 5.91 Å². The molecule has 0 heterocycles. The second kappa shape index (κ2) is 9.97. The third-order valence-corrected chi connectivity index (χ3v) is 3.28. The molecule has 0 aliphatic carbocycles. The number of benzene rings is 1. The Kier molecular flexibility index (Phi) is 8.17. The fourth-order valence-electron chi connectivity index (χ4n) is 2.12. The van der Waals surface area contributed by atoms with Crippen LogP contribution in [0.1, 0.15) is 62.7 Å². The molecule has 0 saturated carbocycles. The van der Waals surface area contributed by atoms with Crippen LogP contribution in [0.25, 0.3) is 0 Å². The van der Waals surface area contributed by atoms with Crippen molar-refractivity contribution in [1.82, 2.24) is 5.32 Å². The predicted molar refractivity (Wildman–Crippen MR) is 86.5 cm³/mol. The Balaban J connectivity index is 2.24. The van der Waals surface area contributed by atoms with Crippen LogP contribution in [0.2, 0.25) is 0 Å². The number of rotatable bonds is 9. The van der Waals surface area contributed by atoms with Crippen molar-refractivity contribution in [2.45, 2.75) is 52.4 Å². The maximum absolute atomic E-state index is 11.9. The lowest BCUT2D eigenvalue weighted by Gasteiger charge is -2.06. The Hall–Kier alpha value is -1.84. The fourth-order valence-corrected chi connectivity index (χ4v) is 2.12. The van der Waals surface area contributed by atoms with Gasteiger partial charge in [-0.25, -0.2) is 0 Å². The molecule has 0 fully saturated rings. The zero-order valence-corrected chi connectivity index (χ0v) is 13.1. The van der Waals surface area contributed by atoms with Gasteiger partial charge in [0.15, 0.2) is 0 Å². The highest BCUT2D eigenvalue weighted by Gasteiger charge is 2.04. The molecule has 0 radical (unpaired) electrons. The molecule has 4 nitrogen and oxygen atoms in total. The topological polar surface area (TPSA) is 58.2 Å². The average molecular weight is 290 g/mol. The van der Waals surface area contributed by atoms with Crippen molar-refractivity contribution < 1.29 is 9.59 Å². The molecule has 0 saturated heterocycles. The van der Waals surface area contributed by atoms with Crippen LogP contribution in [-0.4, -0.2) is 18.4 Å². The molecule has 0 aromatic heterocycles.